The second-order valence-electron chi connectivity index (χ2n) is 3.98. The van der Waals surface area contributed by atoms with Crippen LogP contribution in [0.2, 0.25) is 0 Å². The molecule has 0 amide bonds. The highest BCUT2D eigenvalue weighted by Gasteiger charge is 2.05. The predicted molar refractivity (Wildman–Crippen MR) is 71.9 cm³/mol. The molecule has 1 aromatic heterocycles. The minimum Gasteiger partial charge on any atom is -0.314 e. The Hall–Kier alpha value is -0.670. The number of hydrogen-bond acceptors (Lipinski definition) is 3. The number of nitrogens with one attached hydrogen (secondary N) is 1. The van der Waals surface area contributed by atoms with Crippen LogP contribution < -0.4 is 5.32 Å². The summed E-state index contributed by atoms with van der Waals surface area (Å²) in [4.78, 5) is 4.28. The number of thiazole rings is 1. The van der Waals surface area contributed by atoms with E-state index in [2.05, 4.69) is 23.8 Å². The van der Waals surface area contributed by atoms with Crippen molar-refractivity contribution in [3.8, 4) is 0 Å². The van der Waals surface area contributed by atoms with Gasteiger partial charge in [-0.15, -0.1) is 17.9 Å². The van der Waals surface area contributed by atoms with Gasteiger partial charge >= 0.3 is 0 Å². The van der Waals surface area contributed by atoms with Gasteiger partial charge in [0, 0.05) is 30.6 Å². The number of rotatable bonds is 9. The summed E-state index contributed by atoms with van der Waals surface area (Å²) in [5.74, 6) is 0. The predicted octanol–water partition coefficient (Wildman–Crippen LogP) is 3.41. The average Bonchev–Trinajstić information content (AvgIpc) is 2.79. The molecule has 0 fully saturated rings. The first-order valence-corrected chi connectivity index (χ1v) is 6.97. The van der Waals surface area contributed by atoms with Crippen LogP contribution in [0.4, 0.5) is 0 Å². The van der Waals surface area contributed by atoms with Crippen LogP contribution >= 0.6 is 11.3 Å². The smallest absolute Gasteiger partial charge is 0.0937 e. The molecule has 16 heavy (non-hydrogen) atoms. The van der Waals surface area contributed by atoms with E-state index in [-0.39, 0.29) is 0 Å². The van der Waals surface area contributed by atoms with Gasteiger partial charge in [0.25, 0.3) is 0 Å². The average molecular weight is 238 g/mol. The molecule has 0 aliphatic heterocycles. The topological polar surface area (TPSA) is 24.9 Å². The maximum absolute atomic E-state index is 4.28. The summed E-state index contributed by atoms with van der Waals surface area (Å²) in [5.41, 5.74) is 0. The fourth-order valence-corrected chi connectivity index (χ4v) is 2.40. The Bertz CT molecular complexity index is 269. The van der Waals surface area contributed by atoms with Crippen molar-refractivity contribution in [3.05, 3.63) is 29.2 Å². The van der Waals surface area contributed by atoms with Crippen LogP contribution in [-0.2, 0) is 6.42 Å². The zero-order chi connectivity index (χ0) is 11.6. The maximum atomic E-state index is 4.28. The van der Waals surface area contributed by atoms with Crippen molar-refractivity contribution in [2.45, 2.75) is 45.1 Å². The molecule has 1 unspecified atom stereocenters. The minimum atomic E-state index is 0.642. The first-order valence-electron chi connectivity index (χ1n) is 6.09. The Balaban J connectivity index is 2.18. The number of aromatic nitrogens is 1. The summed E-state index contributed by atoms with van der Waals surface area (Å²) in [5, 5.41) is 6.88. The molecular formula is C13H22N2S. The van der Waals surface area contributed by atoms with E-state index in [4.69, 9.17) is 0 Å². The van der Waals surface area contributed by atoms with Gasteiger partial charge in [0.1, 0.15) is 0 Å². The van der Waals surface area contributed by atoms with Gasteiger partial charge in [-0.05, 0) is 19.3 Å². The lowest BCUT2D eigenvalue weighted by Gasteiger charge is -2.16. The first kappa shape index (κ1) is 13.4. The van der Waals surface area contributed by atoms with Gasteiger partial charge in [0.2, 0.25) is 0 Å². The van der Waals surface area contributed by atoms with E-state index in [1.165, 1.54) is 24.3 Å². The molecule has 1 atom stereocenters. The standard InChI is InChI=1S/C13H22N2S/c1-3-5-7-12(6-4-2)14-9-8-13-15-10-11-16-13/h3,10-12,14H,1,4-9H2,2H3. The van der Waals surface area contributed by atoms with E-state index < -0.39 is 0 Å². The number of nitrogens with zero attached hydrogens (tertiary/aromatic N) is 1. The molecule has 0 aromatic carbocycles. The molecule has 0 aliphatic rings. The van der Waals surface area contributed by atoms with E-state index >= 15 is 0 Å². The van der Waals surface area contributed by atoms with Crippen molar-refractivity contribution in [2.24, 2.45) is 0 Å². The highest BCUT2D eigenvalue weighted by atomic mass is 32.1. The molecule has 0 bridgehead atoms. The Labute approximate surface area is 103 Å². The van der Waals surface area contributed by atoms with Gasteiger partial charge in [-0.25, -0.2) is 4.98 Å². The lowest BCUT2D eigenvalue weighted by atomic mass is 10.1. The van der Waals surface area contributed by atoms with Gasteiger partial charge in [-0.3, -0.25) is 0 Å². The molecule has 1 N–H and O–H groups in total. The third kappa shape index (κ3) is 5.42. The molecule has 90 valence electrons. The second kappa shape index (κ2) is 8.48. The number of allylic oxidation sites excluding steroid dienone is 1. The molecule has 0 aliphatic carbocycles. The summed E-state index contributed by atoms with van der Waals surface area (Å²) in [6.07, 6.45) is 9.74. The lowest BCUT2D eigenvalue weighted by molar-refractivity contribution is 0.454. The van der Waals surface area contributed by atoms with Gasteiger partial charge < -0.3 is 5.32 Å². The second-order valence-corrected chi connectivity index (χ2v) is 4.96. The maximum Gasteiger partial charge on any atom is 0.0937 e. The van der Waals surface area contributed by atoms with Crippen molar-refractivity contribution < 1.29 is 0 Å². The fourth-order valence-electron chi connectivity index (χ4n) is 1.78. The summed E-state index contributed by atoms with van der Waals surface area (Å²) < 4.78 is 0. The highest BCUT2D eigenvalue weighted by molar-refractivity contribution is 7.09. The summed E-state index contributed by atoms with van der Waals surface area (Å²) >= 11 is 1.74. The lowest BCUT2D eigenvalue weighted by Crippen LogP contribution is -2.30. The van der Waals surface area contributed by atoms with E-state index in [1.54, 1.807) is 11.3 Å². The van der Waals surface area contributed by atoms with Crippen LogP contribution in [0, 0.1) is 0 Å². The molecule has 0 saturated heterocycles. The summed E-state index contributed by atoms with van der Waals surface area (Å²) in [6, 6.07) is 0.642. The van der Waals surface area contributed by atoms with Crippen molar-refractivity contribution in [1.82, 2.24) is 10.3 Å². The molecule has 1 aromatic rings. The van der Waals surface area contributed by atoms with Crippen molar-refractivity contribution in [3.63, 3.8) is 0 Å². The molecular weight excluding hydrogens is 216 g/mol. The van der Waals surface area contributed by atoms with Crippen LogP contribution in [0.25, 0.3) is 0 Å². The quantitative estimate of drug-likeness (QED) is 0.667. The molecule has 0 spiro atoms. The van der Waals surface area contributed by atoms with Crippen molar-refractivity contribution in [1.29, 1.82) is 0 Å². The zero-order valence-electron chi connectivity index (χ0n) is 10.1. The monoisotopic (exact) mass is 238 g/mol. The van der Waals surface area contributed by atoms with Gasteiger partial charge in [-0.1, -0.05) is 19.4 Å². The van der Waals surface area contributed by atoms with Crippen molar-refractivity contribution in [2.75, 3.05) is 6.54 Å². The minimum absolute atomic E-state index is 0.642. The summed E-state index contributed by atoms with van der Waals surface area (Å²) in [6.45, 7) is 7.05. The van der Waals surface area contributed by atoms with E-state index in [1.807, 2.05) is 17.7 Å². The van der Waals surface area contributed by atoms with Crippen LogP contribution in [0.3, 0.4) is 0 Å². The third-order valence-electron chi connectivity index (χ3n) is 2.61. The Morgan fingerprint density at radius 1 is 1.56 bits per heavy atom. The molecule has 1 rings (SSSR count). The Morgan fingerprint density at radius 3 is 3.06 bits per heavy atom. The Kier molecular flexibility index (Phi) is 7.10. The fraction of sp³-hybridized carbons (Fsp3) is 0.615. The number of hydrogen-bond donors (Lipinski definition) is 1. The van der Waals surface area contributed by atoms with E-state index in [9.17, 15) is 0 Å². The third-order valence-corrected chi connectivity index (χ3v) is 3.45. The van der Waals surface area contributed by atoms with Crippen LogP contribution in [0.5, 0.6) is 0 Å². The van der Waals surface area contributed by atoms with Gasteiger partial charge in [-0.2, -0.15) is 0 Å². The largest absolute Gasteiger partial charge is 0.314 e. The molecule has 0 saturated carbocycles. The van der Waals surface area contributed by atoms with Gasteiger partial charge in [0.05, 0.1) is 5.01 Å². The highest BCUT2D eigenvalue weighted by Crippen LogP contribution is 2.07. The van der Waals surface area contributed by atoms with E-state index in [0.717, 1.165) is 19.4 Å². The zero-order valence-corrected chi connectivity index (χ0v) is 10.9. The normalized spacial score (nSPS) is 12.6. The molecule has 3 heteroatoms. The molecule has 1 heterocycles. The van der Waals surface area contributed by atoms with E-state index in [0.29, 0.717) is 6.04 Å². The Morgan fingerprint density at radius 2 is 2.44 bits per heavy atom. The van der Waals surface area contributed by atoms with Crippen LogP contribution in [0.1, 0.15) is 37.6 Å². The molecule has 0 radical (unpaired) electrons. The SMILES string of the molecule is C=CCCC(CCC)NCCc1nccs1. The van der Waals surface area contributed by atoms with Crippen molar-refractivity contribution >= 4 is 11.3 Å². The summed E-state index contributed by atoms with van der Waals surface area (Å²) in [7, 11) is 0. The first-order chi connectivity index (χ1) is 7.86. The van der Waals surface area contributed by atoms with Crippen LogP contribution in [-0.4, -0.2) is 17.6 Å². The van der Waals surface area contributed by atoms with Gasteiger partial charge in [0.15, 0.2) is 0 Å². The molecule has 2 nitrogen and oxygen atoms in total. The van der Waals surface area contributed by atoms with Crippen LogP contribution in [0.15, 0.2) is 24.2 Å².